The van der Waals surface area contributed by atoms with Crippen LogP contribution in [0.1, 0.15) is 17.0 Å². The van der Waals surface area contributed by atoms with Crippen molar-refractivity contribution in [3.8, 4) is 17.2 Å². The number of nitrogens with one attached hydrogen (secondary N) is 1. The van der Waals surface area contributed by atoms with Gasteiger partial charge >= 0.3 is 5.97 Å². The molecule has 0 radical (unpaired) electrons. The fourth-order valence-electron chi connectivity index (χ4n) is 4.07. The average Bonchev–Trinajstić information content (AvgIpc) is 3.37. The minimum absolute atomic E-state index is 0.231. The fraction of sp³-hybridized carbons (Fsp3) is 0.238. The second kappa shape index (κ2) is 6.66. The molecule has 0 spiro atoms. The zero-order valence-corrected chi connectivity index (χ0v) is 16.9. The van der Waals surface area contributed by atoms with Gasteiger partial charge in [-0.15, -0.1) is 11.3 Å². The van der Waals surface area contributed by atoms with Gasteiger partial charge in [-0.05, 0) is 29.8 Å². The van der Waals surface area contributed by atoms with Crippen LogP contribution in [0.4, 0.5) is 5.69 Å². The first-order chi connectivity index (χ1) is 14.2. The van der Waals surface area contributed by atoms with E-state index >= 15 is 0 Å². The average molecular weight is 410 g/mol. The number of hydrogen-bond donors (Lipinski definition) is 1. The molecule has 2 aliphatic heterocycles. The molecule has 0 saturated carbocycles. The molecule has 0 fully saturated rings. The lowest BCUT2D eigenvalue weighted by molar-refractivity contribution is -0.136. The highest BCUT2D eigenvalue weighted by atomic mass is 32.1. The van der Waals surface area contributed by atoms with E-state index in [1.54, 1.807) is 32.7 Å². The van der Waals surface area contributed by atoms with E-state index in [0.29, 0.717) is 22.8 Å². The third-order valence-electron chi connectivity index (χ3n) is 5.31. The van der Waals surface area contributed by atoms with Crippen molar-refractivity contribution in [3.05, 3.63) is 52.2 Å². The zero-order valence-electron chi connectivity index (χ0n) is 16.1. The maximum absolute atomic E-state index is 12.7. The minimum atomic E-state index is -0.339. The van der Waals surface area contributed by atoms with Crippen molar-refractivity contribution >= 4 is 33.2 Å². The molecule has 2 aromatic carbocycles. The van der Waals surface area contributed by atoms with Crippen LogP contribution in [0.2, 0.25) is 0 Å². The van der Waals surface area contributed by atoms with E-state index in [4.69, 9.17) is 18.9 Å². The van der Waals surface area contributed by atoms with Crippen LogP contribution in [0.25, 0.3) is 10.2 Å². The van der Waals surface area contributed by atoms with Crippen LogP contribution in [0.5, 0.6) is 17.2 Å². The number of hydrogen-bond acceptors (Lipinski definition) is 8. The van der Waals surface area contributed by atoms with Gasteiger partial charge in [-0.25, -0.2) is 9.78 Å². The zero-order chi connectivity index (χ0) is 20.1. The lowest BCUT2D eigenvalue weighted by atomic mass is 9.81. The van der Waals surface area contributed by atoms with Crippen molar-refractivity contribution in [1.29, 1.82) is 0 Å². The summed E-state index contributed by atoms with van der Waals surface area (Å²) in [5.41, 5.74) is 6.89. The van der Waals surface area contributed by atoms with Gasteiger partial charge in [0.15, 0.2) is 11.5 Å². The van der Waals surface area contributed by atoms with Crippen LogP contribution in [-0.2, 0) is 9.53 Å². The molecule has 8 heteroatoms. The minimum Gasteiger partial charge on any atom is -0.493 e. The van der Waals surface area contributed by atoms with Crippen LogP contribution >= 0.6 is 11.3 Å². The summed E-state index contributed by atoms with van der Waals surface area (Å²) in [6, 6.07) is 7.75. The standard InChI is InChI=1S/C21H18N2O5S/c1-25-14-6-10(7-15(26-2)19(14)27-3)16-17-11(4-5-12-20(17)29-9-22-12)23-13-8-28-21(24)18(13)16/h4-7,9,16,23H,8H2,1-3H3. The molecular weight excluding hydrogens is 392 g/mol. The summed E-state index contributed by atoms with van der Waals surface area (Å²) in [4.78, 5) is 17.1. The number of nitrogens with zero attached hydrogens (tertiary/aromatic N) is 1. The van der Waals surface area contributed by atoms with Gasteiger partial charge in [0.2, 0.25) is 5.75 Å². The molecule has 7 nitrogen and oxygen atoms in total. The Balaban J connectivity index is 1.81. The Morgan fingerprint density at radius 3 is 2.59 bits per heavy atom. The van der Waals surface area contributed by atoms with E-state index < -0.39 is 0 Å². The summed E-state index contributed by atoms with van der Waals surface area (Å²) < 4.78 is 22.9. The van der Waals surface area contributed by atoms with Gasteiger partial charge in [-0.2, -0.15) is 0 Å². The number of esters is 1. The molecule has 3 heterocycles. The van der Waals surface area contributed by atoms with Gasteiger partial charge in [0.1, 0.15) is 6.61 Å². The molecule has 1 atom stereocenters. The van der Waals surface area contributed by atoms with Crippen molar-refractivity contribution in [2.45, 2.75) is 5.92 Å². The molecular formula is C21H18N2O5S. The van der Waals surface area contributed by atoms with Gasteiger partial charge in [-0.1, -0.05) is 0 Å². The highest BCUT2D eigenvalue weighted by Gasteiger charge is 2.40. The molecule has 1 N–H and O–H groups in total. The van der Waals surface area contributed by atoms with Crippen molar-refractivity contribution in [3.63, 3.8) is 0 Å². The highest BCUT2D eigenvalue weighted by molar-refractivity contribution is 7.17. The number of cyclic esters (lactones) is 1. The van der Waals surface area contributed by atoms with Gasteiger partial charge in [0, 0.05) is 17.2 Å². The lowest BCUT2D eigenvalue weighted by Gasteiger charge is -2.28. The van der Waals surface area contributed by atoms with Crippen molar-refractivity contribution in [1.82, 2.24) is 4.98 Å². The predicted octanol–water partition coefficient (Wildman–Crippen LogP) is 3.69. The normalized spacial score (nSPS) is 17.5. The Kier molecular flexibility index (Phi) is 4.09. The molecule has 29 heavy (non-hydrogen) atoms. The molecule has 1 aromatic heterocycles. The van der Waals surface area contributed by atoms with E-state index in [1.165, 1.54) is 0 Å². The maximum Gasteiger partial charge on any atom is 0.337 e. The van der Waals surface area contributed by atoms with E-state index in [0.717, 1.165) is 32.7 Å². The number of ether oxygens (including phenoxy) is 4. The summed E-state index contributed by atoms with van der Waals surface area (Å²) >= 11 is 1.55. The molecule has 1 unspecified atom stereocenters. The monoisotopic (exact) mass is 410 g/mol. The smallest absolute Gasteiger partial charge is 0.337 e. The number of rotatable bonds is 4. The van der Waals surface area contributed by atoms with Crippen LogP contribution in [0, 0.1) is 0 Å². The van der Waals surface area contributed by atoms with Crippen LogP contribution in [0.3, 0.4) is 0 Å². The first-order valence-electron chi connectivity index (χ1n) is 8.99. The van der Waals surface area contributed by atoms with E-state index in [1.807, 2.05) is 29.8 Å². The summed E-state index contributed by atoms with van der Waals surface area (Å²) in [6.45, 7) is 0.231. The SMILES string of the molecule is COc1cc(C2C3=C(COC3=O)Nc3ccc4ncsc4c32)cc(OC)c1OC. The Labute approximate surface area is 170 Å². The number of aromatic nitrogens is 1. The van der Waals surface area contributed by atoms with Crippen molar-refractivity contribution < 1.29 is 23.7 Å². The highest BCUT2D eigenvalue weighted by Crippen LogP contribution is 2.50. The third kappa shape index (κ3) is 2.56. The summed E-state index contributed by atoms with van der Waals surface area (Å²) in [5.74, 6) is 0.915. The number of thiazole rings is 1. The lowest BCUT2D eigenvalue weighted by Crippen LogP contribution is -2.20. The second-order valence-corrected chi connectivity index (χ2v) is 7.57. The Morgan fingerprint density at radius 1 is 1.14 bits per heavy atom. The first kappa shape index (κ1) is 17.8. The summed E-state index contributed by atoms with van der Waals surface area (Å²) in [5, 5.41) is 3.38. The number of carbonyl (C=O) groups excluding carboxylic acids is 1. The van der Waals surface area contributed by atoms with Crippen molar-refractivity contribution in [2.24, 2.45) is 0 Å². The van der Waals surface area contributed by atoms with E-state index in [-0.39, 0.29) is 18.5 Å². The van der Waals surface area contributed by atoms with Gasteiger partial charge in [0.25, 0.3) is 0 Å². The van der Waals surface area contributed by atoms with E-state index in [9.17, 15) is 4.79 Å². The van der Waals surface area contributed by atoms with Crippen molar-refractivity contribution in [2.75, 3.05) is 33.3 Å². The van der Waals surface area contributed by atoms with Crippen LogP contribution in [0.15, 0.2) is 41.0 Å². The molecule has 0 saturated heterocycles. The first-order valence-corrected chi connectivity index (χ1v) is 9.87. The molecule has 0 amide bonds. The molecule has 0 aliphatic carbocycles. The van der Waals surface area contributed by atoms with Gasteiger partial charge in [-0.3, -0.25) is 0 Å². The fourth-order valence-corrected chi connectivity index (χ4v) is 4.93. The number of benzene rings is 2. The molecule has 148 valence electrons. The van der Waals surface area contributed by atoms with Gasteiger partial charge in [0.05, 0.1) is 48.3 Å². The summed E-state index contributed by atoms with van der Waals surface area (Å²) in [6.07, 6.45) is 0. The topological polar surface area (TPSA) is 78.9 Å². The second-order valence-electron chi connectivity index (χ2n) is 6.71. The van der Waals surface area contributed by atoms with Crippen LogP contribution in [-0.4, -0.2) is 38.9 Å². The van der Waals surface area contributed by atoms with Crippen LogP contribution < -0.4 is 19.5 Å². The molecule has 0 bridgehead atoms. The molecule has 3 aromatic rings. The Bertz CT molecular complexity index is 1160. The Morgan fingerprint density at radius 2 is 1.90 bits per heavy atom. The third-order valence-corrected chi connectivity index (χ3v) is 6.19. The maximum atomic E-state index is 12.7. The number of carbonyl (C=O) groups is 1. The predicted molar refractivity (Wildman–Crippen MR) is 109 cm³/mol. The van der Waals surface area contributed by atoms with E-state index in [2.05, 4.69) is 10.3 Å². The molecule has 2 aliphatic rings. The number of methoxy groups -OCH3 is 3. The Hall–Kier alpha value is -3.26. The number of anilines is 1. The quantitative estimate of drug-likeness (QED) is 0.657. The number of fused-ring (bicyclic) bond motifs is 3. The van der Waals surface area contributed by atoms with Gasteiger partial charge < -0.3 is 24.3 Å². The summed E-state index contributed by atoms with van der Waals surface area (Å²) in [7, 11) is 4.72. The largest absolute Gasteiger partial charge is 0.493 e. The molecule has 5 rings (SSSR count).